The van der Waals surface area contributed by atoms with E-state index in [0.717, 1.165) is 16.8 Å². The van der Waals surface area contributed by atoms with Gasteiger partial charge in [0, 0.05) is 12.3 Å². The second kappa shape index (κ2) is 12.0. The molecule has 0 amide bonds. The van der Waals surface area contributed by atoms with Crippen LogP contribution in [0.3, 0.4) is 0 Å². The van der Waals surface area contributed by atoms with Crippen LogP contribution in [0.25, 0.3) is 0 Å². The zero-order valence-electron chi connectivity index (χ0n) is 19.8. The number of aliphatic hydroxyl groups excluding tert-OH is 5. The molecular weight excluding hydrogens is 564 g/mol. The molecule has 218 valence electrons. The minimum Gasteiger partial charge on any atom is -0.756 e. The van der Waals surface area contributed by atoms with Crippen molar-refractivity contribution in [1.82, 2.24) is 14.5 Å². The van der Waals surface area contributed by atoms with Crippen LogP contribution in [0.4, 0.5) is 0 Å². The Morgan fingerprint density at radius 1 is 1.08 bits per heavy atom. The van der Waals surface area contributed by atoms with E-state index in [1.807, 2.05) is 4.98 Å². The molecule has 0 spiro atoms. The van der Waals surface area contributed by atoms with Gasteiger partial charge in [0.2, 0.25) is 0 Å². The minimum absolute atomic E-state index is 0.733. The number of nitrogens with zero attached hydrogens (tertiary/aromatic N) is 2. The van der Waals surface area contributed by atoms with Crippen molar-refractivity contribution in [3.63, 3.8) is 0 Å². The molecule has 0 aromatic carbocycles. The van der Waals surface area contributed by atoms with E-state index in [-0.39, 0.29) is 0 Å². The first-order valence-electron chi connectivity index (χ1n) is 10.9. The standard InChI is InChI=1S/C17H29N3O16P2/c1-19(2)10-11(23)7(5-21)34-16(13(10)25)35-38(30,31)36-37(28,29)32-6-8-12(24)14(26)15(33-8)20-4-3-9(22)18-17(20)27/h3-4,7-8,10-16,21,23-26H,5-6H2,1-2H3,(H,28,29)(H,30,31)(H,18,22,27)/p-1/t7?,8-,10+,11-,12+,13?,14?,15-,16-/m1/s1. The van der Waals surface area contributed by atoms with Gasteiger partial charge in [0.25, 0.3) is 13.4 Å². The summed E-state index contributed by atoms with van der Waals surface area (Å²) in [5.41, 5.74) is -1.73. The summed E-state index contributed by atoms with van der Waals surface area (Å²) in [5, 5.41) is 50.3. The van der Waals surface area contributed by atoms with E-state index in [1.165, 1.54) is 19.0 Å². The number of ether oxygens (including phenoxy) is 2. The molecule has 2 saturated heterocycles. The number of aromatic nitrogens is 2. The summed E-state index contributed by atoms with van der Waals surface area (Å²) in [7, 11) is -8.42. The van der Waals surface area contributed by atoms with Gasteiger partial charge in [-0.3, -0.25) is 28.0 Å². The van der Waals surface area contributed by atoms with Gasteiger partial charge in [-0.25, -0.2) is 13.7 Å². The van der Waals surface area contributed by atoms with Gasteiger partial charge in [-0.05, 0) is 14.1 Å². The van der Waals surface area contributed by atoms with Crippen LogP contribution < -0.4 is 16.1 Å². The normalized spacial score (nSPS) is 37.2. The van der Waals surface area contributed by atoms with Crippen molar-refractivity contribution in [2.24, 2.45) is 0 Å². The Morgan fingerprint density at radius 3 is 2.32 bits per heavy atom. The smallest absolute Gasteiger partial charge is 0.478 e. The van der Waals surface area contributed by atoms with Crippen molar-refractivity contribution in [3.8, 4) is 0 Å². The lowest BCUT2D eigenvalue weighted by Crippen LogP contribution is -2.63. The highest BCUT2D eigenvalue weighted by Crippen LogP contribution is 2.59. The molecule has 2 aliphatic heterocycles. The fourth-order valence-electron chi connectivity index (χ4n) is 3.95. The van der Waals surface area contributed by atoms with E-state index >= 15 is 0 Å². The highest BCUT2D eigenvalue weighted by Gasteiger charge is 2.48. The molecule has 21 heteroatoms. The van der Waals surface area contributed by atoms with Gasteiger partial charge in [-0.1, -0.05) is 0 Å². The molecule has 1 aromatic rings. The third kappa shape index (κ3) is 7.03. The Labute approximate surface area is 213 Å². The first-order chi connectivity index (χ1) is 17.6. The third-order valence-corrected chi connectivity index (χ3v) is 8.31. The van der Waals surface area contributed by atoms with Gasteiger partial charge in [-0.15, -0.1) is 0 Å². The predicted octanol–water partition coefficient (Wildman–Crippen LogP) is -4.86. The largest absolute Gasteiger partial charge is 0.756 e. The van der Waals surface area contributed by atoms with Crippen molar-refractivity contribution in [3.05, 3.63) is 33.1 Å². The summed E-state index contributed by atoms with van der Waals surface area (Å²) < 4.78 is 48.7. The van der Waals surface area contributed by atoms with E-state index < -0.39 is 95.3 Å². The fourth-order valence-corrected chi connectivity index (χ4v) is 6.07. The molecule has 2 aliphatic rings. The van der Waals surface area contributed by atoms with Gasteiger partial charge in [-0.2, -0.15) is 0 Å². The van der Waals surface area contributed by atoms with Crippen molar-refractivity contribution in [2.45, 2.75) is 55.2 Å². The number of rotatable bonds is 10. The van der Waals surface area contributed by atoms with Crippen LogP contribution in [0.15, 0.2) is 21.9 Å². The summed E-state index contributed by atoms with van der Waals surface area (Å²) >= 11 is 0. The number of likely N-dealkylation sites (N-methyl/N-ethyl adjacent to an activating group) is 1. The van der Waals surface area contributed by atoms with E-state index in [0.29, 0.717) is 0 Å². The summed E-state index contributed by atoms with van der Waals surface area (Å²) in [4.78, 5) is 48.5. The monoisotopic (exact) mass is 592 g/mol. The maximum absolute atomic E-state index is 12.3. The van der Waals surface area contributed by atoms with Crippen LogP contribution in [-0.2, 0) is 32.0 Å². The summed E-state index contributed by atoms with van der Waals surface area (Å²) in [6, 6.07) is -0.231. The molecule has 0 saturated carbocycles. The van der Waals surface area contributed by atoms with Gasteiger partial charge >= 0.3 is 13.5 Å². The van der Waals surface area contributed by atoms with Crippen molar-refractivity contribution >= 4 is 15.6 Å². The van der Waals surface area contributed by atoms with Crippen LogP contribution in [0.5, 0.6) is 0 Å². The Morgan fingerprint density at radius 2 is 1.74 bits per heavy atom. The zero-order valence-corrected chi connectivity index (χ0v) is 21.6. The van der Waals surface area contributed by atoms with Gasteiger partial charge < -0.3 is 49.7 Å². The second-order valence-corrected chi connectivity index (χ2v) is 11.6. The lowest BCUT2D eigenvalue weighted by Gasteiger charge is -2.45. The third-order valence-electron chi connectivity index (χ3n) is 5.75. The Balaban J connectivity index is 1.63. The number of hydrogen-bond acceptors (Lipinski definition) is 16. The number of H-pyrrole nitrogens is 1. The zero-order chi connectivity index (χ0) is 28.6. The summed E-state index contributed by atoms with van der Waals surface area (Å²) in [6.45, 7) is -1.81. The molecule has 3 heterocycles. The van der Waals surface area contributed by atoms with E-state index in [9.17, 15) is 54.0 Å². The minimum atomic E-state index is -5.78. The summed E-state index contributed by atoms with van der Waals surface area (Å²) in [6.07, 6.45) is -12.4. The Kier molecular flexibility index (Phi) is 9.85. The van der Waals surface area contributed by atoms with Gasteiger partial charge in [0.15, 0.2) is 12.5 Å². The molecule has 1 aromatic heterocycles. The molecule has 3 rings (SSSR count). The van der Waals surface area contributed by atoms with E-state index in [4.69, 9.17) is 9.47 Å². The number of phosphoric ester groups is 2. The molecule has 7 N–H and O–H groups in total. The average molecular weight is 592 g/mol. The molecule has 0 aliphatic carbocycles. The van der Waals surface area contributed by atoms with Crippen LogP contribution in [-0.4, -0.2) is 121 Å². The molecular formula is C17H28N3O16P2-. The SMILES string of the molecule is CN(C)[C@@H]1C(O)[C@@H](OP(=O)([O-])OP(=O)(O)OC[C@H]2O[C@@H](n3ccc(=O)[nH]c3=O)C(O)[C@H]2O)OC(CO)[C@H]1O. The van der Waals surface area contributed by atoms with Gasteiger partial charge in [0.1, 0.15) is 36.6 Å². The number of phosphoric acid groups is 2. The predicted molar refractivity (Wildman–Crippen MR) is 118 cm³/mol. The molecule has 5 unspecified atom stereocenters. The van der Waals surface area contributed by atoms with E-state index in [2.05, 4.69) is 13.4 Å². The highest BCUT2D eigenvalue weighted by molar-refractivity contribution is 7.60. The first kappa shape index (κ1) is 31.2. The second-order valence-electron chi connectivity index (χ2n) is 8.62. The maximum Gasteiger partial charge on any atom is 0.478 e. The van der Waals surface area contributed by atoms with Gasteiger partial charge in [0.05, 0.1) is 19.3 Å². The van der Waals surface area contributed by atoms with Crippen molar-refractivity contribution < 1.29 is 67.3 Å². The summed E-state index contributed by atoms with van der Waals surface area (Å²) in [5.74, 6) is 0. The molecule has 38 heavy (non-hydrogen) atoms. The Bertz CT molecular complexity index is 1180. The Hall–Kier alpha value is -1.38. The number of hydrogen-bond donors (Lipinski definition) is 7. The van der Waals surface area contributed by atoms with E-state index in [1.54, 1.807) is 0 Å². The molecule has 2 fully saturated rings. The van der Waals surface area contributed by atoms with Crippen LogP contribution in [0.1, 0.15) is 6.23 Å². The van der Waals surface area contributed by atoms with Crippen LogP contribution in [0, 0.1) is 0 Å². The molecule has 0 bridgehead atoms. The number of aromatic amines is 1. The van der Waals surface area contributed by atoms with Crippen LogP contribution in [0.2, 0.25) is 0 Å². The fraction of sp³-hybridized carbons (Fsp3) is 0.765. The molecule has 19 nitrogen and oxygen atoms in total. The quantitative estimate of drug-likeness (QED) is 0.125. The lowest BCUT2D eigenvalue weighted by atomic mass is 9.95. The first-order valence-corrected chi connectivity index (χ1v) is 13.8. The highest BCUT2D eigenvalue weighted by atomic mass is 31.3. The average Bonchev–Trinajstić information content (AvgIpc) is 3.07. The topological polar surface area (TPSA) is 283 Å². The van der Waals surface area contributed by atoms with Crippen molar-refractivity contribution in [1.29, 1.82) is 0 Å². The molecule has 0 radical (unpaired) electrons. The number of aliphatic hydroxyl groups is 5. The van der Waals surface area contributed by atoms with Crippen molar-refractivity contribution in [2.75, 3.05) is 27.3 Å². The number of nitrogens with one attached hydrogen (secondary N) is 1. The lowest BCUT2D eigenvalue weighted by molar-refractivity contribution is -0.293. The van der Waals surface area contributed by atoms with Crippen LogP contribution >= 0.6 is 15.6 Å². The maximum atomic E-state index is 12.3. The molecule has 11 atom stereocenters.